The van der Waals surface area contributed by atoms with E-state index < -0.39 is 0 Å². The number of para-hydroxylation sites is 1. The Balaban J connectivity index is 1.61. The Bertz CT molecular complexity index is 917. The van der Waals surface area contributed by atoms with Crippen LogP contribution < -0.4 is 16.0 Å². The van der Waals surface area contributed by atoms with Gasteiger partial charge >= 0.3 is 0 Å². The predicted molar refractivity (Wildman–Crippen MR) is 109 cm³/mol. The van der Waals surface area contributed by atoms with Crippen LogP contribution in [0.3, 0.4) is 0 Å². The van der Waals surface area contributed by atoms with Crippen molar-refractivity contribution in [2.24, 2.45) is 0 Å². The van der Waals surface area contributed by atoms with Gasteiger partial charge in [-0.2, -0.15) is 5.26 Å². The molecule has 0 aromatic heterocycles. The van der Waals surface area contributed by atoms with Crippen molar-refractivity contribution in [1.82, 2.24) is 5.32 Å². The van der Waals surface area contributed by atoms with Gasteiger partial charge in [-0.05, 0) is 43.2 Å². The fourth-order valence-corrected chi connectivity index (χ4v) is 3.38. The Morgan fingerprint density at radius 3 is 2.64 bits per heavy atom. The fourth-order valence-electron chi connectivity index (χ4n) is 3.22. The highest BCUT2D eigenvalue weighted by atomic mass is 35.5. The average molecular weight is 397 g/mol. The molecule has 2 aromatic carbocycles. The van der Waals surface area contributed by atoms with E-state index >= 15 is 0 Å². The minimum Gasteiger partial charge on any atom is -0.376 e. The van der Waals surface area contributed by atoms with Crippen molar-refractivity contribution in [3.8, 4) is 6.07 Å². The summed E-state index contributed by atoms with van der Waals surface area (Å²) < 4.78 is 0. The molecule has 1 aliphatic carbocycles. The first-order valence-corrected chi connectivity index (χ1v) is 9.58. The number of halogens is 1. The zero-order valence-electron chi connectivity index (χ0n) is 15.3. The number of benzene rings is 2. The molecule has 2 aromatic rings. The summed E-state index contributed by atoms with van der Waals surface area (Å²) in [5.41, 5.74) is 1.86. The van der Waals surface area contributed by atoms with E-state index in [2.05, 4.69) is 16.0 Å². The molecular weight excluding hydrogens is 376 g/mol. The summed E-state index contributed by atoms with van der Waals surface area (Å²) in [6, 6.07) is 14.0. The molecule has 1 aliphatic rings. The number of rotatable bonds is 6. The first-order chi connectivity index (χ1) is 13.6. The largest absolute Gasteiger partial charge is 0.376 e. The summed E-state index contributed by atoms with van der Waals surface area (Å²) in [6.45, 7) is -0.00885. The molecule has 3 rings (SSSR count). The number of carbonyl (C=O) groups is 2. The molecule has 3 N–H and O–H groups in total. The highest BCUT2D eigenvalue weighted by Gasteiger charge is 2.20. The molecule has 28 heavy (non-hydrogen) atoms. The Morgan fingerprint density at radius 1 is 1.14 bits per heavy atom. The van der Waals surface area contributed by atoms with Crippen LogP contribution in [0.1, 0.15) is 41.6 Å². The number of amides is 2. The molecule has 144 valence electrons. The van der Waals surface area contributed by atoms with E-state index in [9.17, 15) is 9.59 Å². The van der Waals surface area contributed by atoms with Gasteiger partial charge in [0.15, 0.2) is 0 Å². The smallest absolute Gasteiger partial charge is 0.253 e. The third-order valence-electron chi connectivity index (χ3n) is 4.68. The standard InChI is InChI=1S/C21H21ClN4O2/c22-18-10-9-16(11-14(18)12-23)24-13-20(27)26-19-8-4-3-7-17(19)21(28)25-15-5-1-2-6-15/h3-4,7-11,15,24H,1-2,5-6,13H2,(H,25,28)(H,26,27). The lowest BCUT2D eigenvalue weighted by Crippen LogP contribution is -2.33. The monoisotopic (exact) mass is 396 g/mol. The van der Waals surface area contributed by atoms with Crippen molar-refractivity contribution in [3.05, 3.63) is 58.6 Å². The Labute approximate surface area is 168 Å². The Morgan fingerprint density at radius 2 is 1.89 bits per heavy atom. The number of nitriles is 1. The van der Waals surface area contributed by atoms with Crippen LogP contribution >= 0.6 is 11.6 Å². The molecular formula is C21H21ClN4O2. The van der Waals surface area contributed by atoms with Crippen LogP contribution in [0.2, 0.25) is 5.02 Å². The molecule has 2 amide bonds. The first kappa shape index (κ1) is 19.7. The summed E-state index contributed by atoms with van der Waals surface area (Å²) in [5, 5.41) is 18.1. The second-order valence-corrected chi connectivity index (χ2v) is 7.12. The highest BCUT2D eigenvalue weighted by molar-refractivity contribution is 6.31. The van der Waals surface area contributed by atoms with E-state index in [-0.39, 0.29) is 24.4 Å². The predicted octanol–water partition coefficient (Wildman–Crippen LogP) is 3.93. The molecule has 0 atom stereocenters. The summed E-state index contributed by atoms with van der Waals surface area (Å²) in [6.07, 6.45) is 4.26. The lowest BCUT2D eigenvalue weighted by atomic mass is 10.1. The van der Waals surface area contributed by atoms with Gasteiger partial charge in [0.25, 0.3) is 5.91 Å². The molecule has 1 fully saturated rings. The van der Waals surface area contributed by atoms with E-state index in [0.29, 0.717) is 27.5 Å². The summed E-state index contributed by atoms with van der Waals surface area (Å²) in [5.74, 6) is -0.471. The van der Waals surface area contributed by atoms with Crippen LogP contribution in [-0.4, -0.2) is 24.4 Å². The molecule has 0 saturated heterocycles. The second kappa shape index (κ2) is 9.25. The number of carbonyl (C=O) groups excluding carboxylic acids is 2. The van der Waals surface area contributed by atoms with Crippen LogP contribution in [0.5, 0.6) is 0 Å². The average Bonchev–Trinajstić information content (AvgIpc) is 3.20. The number of anilines is 2. The highest BCUT2D eigenvalue weighted by Crippen LogP contribution is 2.21. The zero-order chi connectivity index (χ0) is 19.9. The lowest BCUT2D eigenvalue weighted by molar-refractivity contribution is -0.114. The van der Waals surface area contributed by atoms with E-state index in [1.54, 1.807) is 42.5 Å². The number of hydrogen-bond acceptors (Lipinski definition) is 4. The zero-order valence-corrected chi connectivity index (χ0v) is 16.1. The van der Waals surface area contributed by atoms with Gasteiger partial charge in [0.2, 0.25) is 5.91 Å². The SMILES string of the molecule is N#Cc1cc(NCC(=O)Nc2ccccc2C(=O)NC2CCCC2)ccc1Cl. The van der Waals surface area contributed by atoms with Crippen molar-refractivity contribution in [1.29, 1.82) is 5.26 Å². The minimum atomic E-state index is -0.297. The van der Waals surface area contributed by atoms with Crippen molar-refractivity contribution < 1.29 is 9.59 Å². The third-order valence-corrected chi connectivity index (χ3v) is 5.01. The first-order valence-electron chi connectivity index (χ1n) is 9.20. The van der Waals surface area contributed by atoms with Gasteiger partial charge < -0.3 is 16.0 Å². The lowest BCUT2D eigenvalue weighted by Gasteiger charge is -2.15. The van der Waals surface area contributed by atoms with Gasteiger partial charge in [0, 0.05) is 11.7 Å². The summed E-state index contributed by atoms with van der Waals surface area (Å²) in [4.78, 5) is 24.9. The number of hydrogen-bond donors (Lipinski definition) is 3. The molecule has 7 heteroatoms. The van der Waals surface area contributed by atoms with Crippen LogP contribution in [0.4, 0.5) is 11.4 Å². The summed E-state index contributed by atoms with van der Waals surface area (Å²) >= 11 is 5.91. The maximum atomic E-state index is 12.6. The maximum absolute atomic E-state index is 12.6. The van der Waals surface area contributed by atoms with Gasteiger partial charge in [0.1, 0.15) is 6.07 Å². The molecule has 0 aliphatic heterocycles. The number of nitrogens with one attached hydrogen (secondary N) is 3. The fraction of sp³-hybridized carbons (Fsp3) is 0.286. The van der Waals surface area contributed by atoms with Gasteiger partial charge in [0.05, 0.1) is 28.4 Å². The Hall–Kier alpha value is -3.04. The van der Waals surface area contributed by atoms with Crippen molar-refractivity contribution in [3.63, 3.8) is 0 Å². The maximum Gasteiger partial charge on any atom is 0.253 e. The van der Waals surface area contributed by atoms with Crippen LogP contribution in [0.25, 0.3) is 0 Å². The van der Waals surface area contributed by atoms with Gasteiger partial charge in [-0.1, -0.05) is 36.6 Å². The van der Waals surface area contributed by atoms with Gasteiger partial charge in [-0.25, -0.2) is 0 Å². The molecule has 6 nitrogen and oxygen atoms in total. The van der Waals surface area contributed by atoms with Gasteiger partial charge in [-0.15, -0.1) is 0 Å². The molecule has 0 unspecified atom stereocenters. The van der Waals surface area contributed by atoms with Crippen LogP contribution in [-0.2, 0) is 4.79 Å². The number of nitrogens with zero attached hydrogens (tertiary/aromatic N) is 1. The minimum absolute atomic E-state index is 0.00885. The van der Waals surface area contributed by atoms with E-state index in [1.165, 1.54) is 0 Å². The van der Waals surface area contributed by atoms with Gasteiger partial charge in [-0.3, -0.25) is 9.59 Å². The van der Waals surface area contributed by atoms with Crippen molar-refractivity contribution in [2.45, 2.75) is 31.7 Å². The molecule has 0 heterocycles. The summed E-state index contributed by atoms with van der Waals surface area (Å²) in [7, 11) is 0. The normalized spacial score (nSPS) is 13.6. The van der Waals surface area contributed by atoms with Crippen molar-refractivity contribution in [2.75, 3.05) is 17.2 Å². The second-order valence-electron chi connectivity index (χ2n) is 6.71. The van der Waals surface area contributed by atoms with Crippen LogP contribution in [0, 0.1) is 11.3 Å². The molecule has 1 saturated carbocycles. The topological polar surface area (TPSA) is 94.0 Å². The van der Waals surface area contributed by atoms with Crippen molar-refractivity contribution >= 4 is 34.8 Å². The van der Waals surface area contributed by atoms with E-state index in [1.807, 2.05) is 6.07 Å². The Kier molecular flexibility index (Phi) is 6.51. The van der Waals surface area contributed by atoms with Crippen LogP contribution in [0.15, 0.2) is 42.5 Å². The molecule has 0 spiro atoms. The van der Waals surface area contributed by atoms with E-state index in [0.717, 1.165) is 25.7 Å². The molecule has 0 radical (unpaired) electrons. The van der Waals surface area contributed by atoms with E-state index in [4.69, 9.17) is 16.9 Å². The third kappa shape index (κ3) is 5.02. The molecule has 0 bridgehead atoms. The quantitative estimate of drug-likeness (QED) is 0.689.